The molecule has 5 heterocycles. The van der Waals surface area contributed by atoms with Crippen LogP contribution in [0.25, 0.3) is 0 Å². The van der Waals surface area contributed by atoms with Crippen molar-refractivity contribution >= 4 is 29.0 Å². The highest BCUT2D eigenvalue weighted by Gasteiger charge is 2.37. The Bertz CT molecular complexity index is 1240. The predicted molar refractivity (Wildman–Crippen MR) is 139 cm³/mol. The second-order valence-electron chi connectivity index (χ2n) is 10.8. The molecule has 0 spiro atoms. The predicted octanol–water partition coefficient (Wildman–Crippen LogP) is 2.15. The maximum atomic E-state index is 13.5. The Morgan fingerprint density at radius 3 is 2.84 bits per heavy atom. The Morgan fingerprint density at radius 2 is 1.97 bits per heavy atom. The number of piperazine rings is 1. The van der Waals surface area contributed by atoms with Crippen molar-refractivity contribution in [2.45, 2.75) is 45.1 Å². The molecule has 4 aliphatic rings. The van der Waals surface area contributed by atoms with Crippen molar-refractivity contribution in [3.8, 4) is 5.75 Å². The van der Waals surface area contributed by atoms with Crippen LogP contribution < -0.4 is 20.7 Å². The summed E-state index contributed by atoms with van der Waals surface area (Å²) in [5.74, 6) is 0.341. The van der Waals surface area contributed by atoms with Gasteiger partial charge in [-0.2, -0.15) is 0 Å². The van der Waals surface area contributed by atoms with Crippen LogP contribution in [-0.4, -0.2) is 72.5 Å². The zero-order valence-corrected chi connectivity index (χ0v) is 21.4. The number of rotatable bonds is 2. The van der Waals surface area contributed by atoms with Gasteiger partial charge in [-0.25, -0.2) is 4.98 Å². The molecule has 0 saturated carbocycles. The number of hydrogen-bond acceptors (Lipinski definition) is 8. The summed E-state index contributed by atoms with van der Waals surface area (Å²) in [5, 5.41) is 2.77. The van der Waals surface area contributed by atoms with E-state index < -0.39 is 11.8 Å². The van der Waals surface area contributed by atoms with Gasteiger partial charge in [-0.15, -0.1) is 0 Å². The lowest BCUT2D eigenvalue weighted by Crippen LogP contribution is -2.56. The van der Waals surface area contributed by atoms with E-state index in [1.807, 2.05) is 0 Å². The van der Waals surface area contributed by atoms with Crippen LogP contribution in [0, 0.1) is 5.92 Å². The summed E-state index contributed by atoms with van der Waals surface area (Å²) in [6.45, 7) is 6.95. The van der Waals surface area contributed by atoms with Crippen molar-refractivity contribution in [2.75, 3.05) is 55.8 Å². The Balaban J connectivity index is 1.23. The van der Waals surface area contributed by atoms with Crippen LogP contribution in [0.4, 0.5) is 17.2 Å². The molecular formula is C27H34N6O4. The summed E-state index contributed by atoms with van der Waals surface area (Å²) >= 11 is 0. The second kappa shape index (κ2) is 9.50. The number of carbonyl (C=O) groups excluding carboxylic acids is 2. The lowest BCUT2D eigenvalue weighted by molar-refractivity contribution is -0.146. The number of ether oxygens (including phenoxy) is 2. The molecule has 0 bridgehead atoms. The number of likely N-dealkylation sites (N-methyl/N-ethyl adjacent to an activating group) is 1. The Labute approximate surface area is 216 Å². The molecule has 0 radical (unpaired) electrons. The first kappa shape index (κ1) is 24.0. The first-order valence-corrected chi connectivity index (χ1v) is 13.1. The zero-order valence-electron chi connectivity index (χ0n) is 21.4. The lowest BCUT2D eigenvalue weighted by Gasteiger charge is -2.45. The number of likely N-dealkylation sites (tertiary alicyclic amines) is 1. The van der Waals surface area contributed by atoms with Crippen molar-refractivity contribution in [1.82, 2.24) is 14.8 Å². The molecule has 10 heteroatoms. The number of nitrogens with zero attached hydrogens (tertiary/aromatic N) is 4. The summed E-state index contributed by atoms with van der Waals surface area (Å²) in [7, 11) is 2.15. The second-order valence-corrected chi connectivity index (χ2v) is 10.8. The number of hydrogen-bond donors (Lipinski definition) is 2. The maximum Gasteiger partial charge on any atom is 0.313 e. The van der Waals surface area contributed by atoms with Gasteiger partial charge < -0.3 is 35.2 Å². The van der Waals surface area contributed by atoms with E-state index in [0.29, 0.717) is 49.8 Å². The first-order chi connectivity index (χ1) is 17.9. The topological polar surface area (TPSA) is 113 Å². The molecular weight excluding hydrogens is 472 g/mol. The summed E-state index contributed by atoms with van der Waals surface area (Å²) in [6, 6.07) is 6.44. The minimum Gasteiger partial charge on any atom is -0.489 e. The minimum atomic E-state index is -0.672. The number of fused-ring (bicyclic) bond motifs is 4. The van der Waals surface area contributed by atoms with Crippen LogP contribution in [0.5, 0.6) is 5.75 Å². The molecule has 2 saturated heterocycles. The summed E-state index contributed by atoms with van der Waals surface area (Å²) in [6.07, 6.45) is 3.28. The molecule has 2 aromatic rings. The zero-order chi connectivity index (χ0) is 25.7. The number of nitrogens with one attached hydrogen (secondary N) is 1. The van der Waals surface area contributed by atoms with Crippen molar-refractivity contribution in [3.05, 3.63) is 41.1 Å². The van der Waals surface area contributed by atoms with Crippen LogP contribution in [0.2, 0.25) is 0 Å². The largest absolute Gasteiger partial charge is 0.489 e. The maximum absolute atomic E-state index is 13.5. The fourth-order valence-electron chi connectivity index (χ4n) is 6.07. The van der Waals surface area contributed by atoms with E-state index in [9.17, 15) is 9.59 Å². The van der Waals surface area contributed by atoms with Crippen molar-refractivity contribution < 1.29 is 19.1 Å². The van der Waals surface area contributed by atoms with Gasteiger partial charge in [0.15, 0.2) is 0 Å². The first-order valence-electron chi connectivity index (χ1n) is 13.1. The quantitative estimate of drug-likeness (QED) is 0.596. The molecule has 4 aliphatic heterocycles. The monoisotopic (exact) mass is 506 g/mol. The van der Waals surface area contributed by atoms with Crippen LogP contribution in [-0.2, 0) is 27.5 Å². The SMILES string of the molecule is CC1CCC(c2ccc3c(c2)OC[C@H]2CN(C)CCN32)N(C(=O)C(=O)Nc2cnc(N)c3c2COC3)C1. The molecule has 0 aliphatic carbocycles. The number of nitrogen functional groups attached to an aromatic ring is 1. The lowest BCUT2D eigenvalue weighted by atomic mass is 9.89. The molecule has 6 rings (SSSR count). The standard InChI is InChI=1S/C27H34N6O4/c1-16-3-5-22(17-4-6-23-24(9-17)37-13-18-12-31(2)7-8-32(18)23)33(11-16)27(35)26(34)30-21-10-29-25(28)20-15-36-14-19(20)21/h4,6,9-10,16,18,22H,3,5,7-8,11-15H2,1-2H3,(H2,28,29)(H,30,34)/t16?,18-,22?/m1/s1. The van der Waals surface area contributed by atoms with Crippen LogP contribution in [0.15, 0.2) is 24.4 Å². The van der Waals surface area contributed by atoms with E-state index in [0.717, 1.165) is 60.6 Å². The highest BCUT2D eigenvalue weighted by Crippen LogP contribution is 2.41. The minimum absolute atomic E-state index is 0.188. The molecule has 10 nitrogen and oxygen atoms in total. The number of anilines is 3. The smallest absolute Gasteiger partial charge is 0.313 e. The molecule has 1 aromatic heterocycles. The van der Waals surface area contributed by atoms with Gasteiger partial charge in [-0.1, -0.05) is 13.0 Å². The van der Waals surface area contributed by atoms with E-state index in [4.69, 9.17) is 15.2 Å². The van der Waals surface area contributed by atoms with Crippen LogP contribution in [0.1, 0.15) is 42.5 Å². The van der Waals surface area contributed by atoms with Crippen LogP contribution in [0.3, 0.4) is 0 Å². The molecule has 196 valence electrons. The van der Waals surface area contributed by atoms with Gasteiger partial charge >= 0.3 is 11.8 Å². The number of amides is 2. The fraction of sp³-hybridized carbons (Fsp3) is 0.519. The third-order valence-electron chi connectivity index (χ3n) is 8.14. The summed E-state index contributed by atoms with van der Waals surface area (Å²) in [5.41, 5.74) is 10.1. The third kappa shape index (κ3) is 4.38. The van der Waals surface area contributed by atoms with E-state index >= 15 is 0 Å². The van der Waals surface area contributed by atoms with Crippen molar-refractivity contribution in [1.29, 1.82) is 0 Å². The number of piperidine rings is 1. The van der Waals surface area contributed by atoms with Gasteiger partial charge in [0.25, 0.3) is 0 Å². The van der Waals surface area contributed by atoms with Crippen molar-refractivity contribution in [3.63, 3.8) is 0 Å². The van der Waals surface area contributed by atoms with Gasteiger partial charge in [-0.05, 0) is 43.5 Å². The molecule has 3 N–H and O–H groups in total. The summed E-state index contributed by atoms with van der Waals surface area (Å²) in [4.78, 5) is 37.3. The Morgan fingerprint density at radius 1 is 1.14 bits per heavy atom. The van der Waals surface area contributed by atoms with Gasteiger partial charge in [0.1, 0.15) is 18.2 Å². The average molecular weight is 507 g/mol. The number of pyridine rings is 1. The molecule has 2 unspecified atom stereocenters. The number of nitrogens with two attached hydrogens (primary N) is 1. The highest BCUT2D eigenvalue weighted by atomic mass is 16.5. The van der Waals surface area contributed by atoms with Crippen LogP contribution >= 0.6 is 0 Å². The summed E-state index contributed by atoms with van der Waals surface area (Å²) < 4.78 is 11.7. The normalized spacial score (nSPS) is 25.1. The molecule has 1 aromatic carbocycles. The number of aromatic nitrogens is 1. The van der Waals surface area contributed by atoms with Crippen molar-refractivity contribution in [2.24, 2.45) is 5.92 Å². The molecule has 2 fully saturated rings. The van der Waals surface area contributed by atoms with Gasteiger partial charge in [0, 0.05) is 37.3 Å². The molecule has 37 heavy (non-hydrogen) atoms. The number of carbonyl (C=O) groups is 2. The van der Waals surface area contributed by atoms with E-state index in [1.54, 1.807) is 4.90 Å². The van der Waals surface area contributed by atoms with E-state index in [-0.39, 0.29) is 6.04 Å². The van der Waals surface area contributed by atoms with E-state index in [2.05, 4.69) is 52.3 Å². The third-order valence-corrected chi connectivity index (χ3v) is 8.14. The average Bonchev–Trinajstić information content (AvgIpc) is 3.40. The molecule has 3 atom stereocenters. The fourth-order valence-corrected chi connectivity index (χ4v) is 6.07. The van der Waals surface area contributed by atoms with E-state index in [1.165, 1.54) is 6.20 Å². The molecule has 2 amide bonds. The van der Waals surface area contributed by atoms with Gasteiger partial charge in [-0.3, -0.25) is 9.59 Å². The van der Waals surface area contributed by atoms with Gasteiger partial charge in [0.2, 0.25) is 0 Å². The Hall–Kier alpha value is -3.37. The number of benzene rings is 1. The van der Waals surface area contributed by atoms with Gasteiger partial charge in [0.05, 0.1) is 42.9 Å². The highest BCUT2D eigenvalue weighted by molar-refractivity contribution is 6.39. The Kier molecular flexibility index (Phi) is 6.16.